The number of aromatic amines is 1. The maximum atomic E-state index is 15.1. The van der Waals surface area contributed by atoms with Crippen molar-refractivity contribution in [1.29, 1.82) is 0 Å². The lowest BCUT2D eigenvalue weighted by atomic mass is 10.0. The first-order valence-corrected chi connectivity index (χ1v) is 10.5. The molecule has 2 N–H and O–H groups in total. The molecular weight excluding hydrogens is 454 g/mol. The molecule has 1 aromatic carbocycles. The SMILES string of the molecule is Cc1ncc(-c2cc(NC(=O)c3c[nH]c(=O)cc3C(F)(F)F)c(N3CC[C@@H](C)C3)cc2F)cn1. The highest BCUT2D eigenvalue weighted by atomic mass is 19.4. The van der Waals surface area contributed by atoms with Crippen LogP contribution < -0.4 is 15.8 Å². The van der Waals surface area contributed by atoms with Gasteiger partial charge in [-0.15, -0.1) is 0 Å². The Hall–Kier alpha value is -3.76. The topological polar surface area (TPSA) is 91.0 Å². The van der Waals surface area contributed by atoms with Gasteiger partial charge < -0.3 is 15.2 Å². The third-order valence-corrected chi connectivity index (χ3v) is 5.66. The summed E-state index contributed by atoms with van der Waals surface area (Å²) in [6.07, 6.45) is -0.500. The van der Waals surface area contributed by atoms with Gasteiger partial charge in [0.1, 0.15) is 11.6 Å². The number of carbonyl (C=O) groups is 1. The molecule has 0 saturated carbocycles. The number of pyridine rings is 1. The molecule has 0 spiro atoms. The Labute approximate surface area is 191 Å². The molecule has 2 aromatic heterocycles. The first-order chi connectivity index (χ1) is 16.0. The number of H-pyrrole nitrogens is 1. The molecule has 4 rings (SSSR count). The van der Waals surface area contributed by atoms with E-state index in [1.807, 2.05) is 11.8 Å². The zero-order valence-corrected chi connectivity index (χ0v) is 18.3. The third-order valence-electron chi connectivity index (χ3n) is 5.66. The van der Waals surface area contributed by atoms with Crippen LogP contribution in [0.4, 0.5) is 28.9 Å². The van der Waals surface area contributed by atoms with Crippen molar-refractivity contribution in [3.63, 3.8) is 0 Å². The molecule has 0 aliphatic carbocycles. The average Bonchev–Trinajstić information content (AvgIpc) is 3.20. The van der Waals surface area contributed by atoms with E-state index in [0.29, 0.717) is 42.1 Å². The van der Waals surface area contributed by atoms with Gasteiger partial charge in [-0.1, -0.05) is 6.92 Å². The molecule has 3 aromatic rings. The molecule has 1 atom stereocenters. The van der Waals surface area contributed by atoms with Crippen molar-refractivity contribution in [2.24, 2.45) is 5.92 Å². The monoisotopic (exact) mass is 475 g/mol. The van der Waals surface area contributed by atoms with E-state index in [2.05, 4.69) is 20.3 Å². The molecule has 11 heteroatoms. The molecule has 34 heavy (non-hydrogen) atoms. The summed E-state index contributed by atoms with van der Waals surface area (Å²) in [5.74, 6) is -0.860. The average molecular weight is 475 g/mol. The molecule has 3 heterocycles. The number of rotatable bonds is 4. The van der Waals surface area contributed by atoms with Gasteiger partial charge in [-0.2, -0.15) is 13.2 Å². The fourth-order valence-corrected chi connectivity index (χ4v) is 3.91. The van der Waals surface area contributed by atoms with E-state index in [-0.39, 0.29) is 11.3 Å². The Morgan fingerprint density at radius 2 is 1.91 bits per heavy atom. The van der Waals surface area contributed by atoms with Crippen LogP contribution in [0.2, 0.25) is 0 Å². The molecule has 1 aliphatic heterocycles. The van der Waals surface area contributed by atoms with Gasteiger partial charge in [0.15, 0.2) is 0 Å². The Kier molecular flexibility index (Phi) is 6.11. The third kappa shape index (κ3) is 4.78. The number of hydrogen-bond acceptors (Lipinski definition) is 5. The Bertz CT molecular complexity index is 1290. The van der Waals surface area contributed by atoms with Gasteiger partial charge in [-0.3, -0.25) is 9.59 Å². The number of hydrogen-bond donors (Lipinski definition) is 2. The number of benzene rings is 1. The minimum Gasteiger partial charge on any atom is -0.369 e. The second kappa shape index (κ2) is 8.88. The molecule has 7 nitrogen and oxygen atoms in total. The van der Waals surface area contributed by atoms with Crippen molar-refractivity contribution >= 4 is 17.3 Å². The number of halogens is 4. The maximum absolute atomic E-state index is 15.1. The number of anilines is 2. The molecule has 0 bridgehead atoms. The van der Waals surface area contributed by atoms with Crippen LogP contribution in [0.3, 0.4) is 0 Å². The van der Waals surface area contributed by atoms with E-state index < -0.39 is 34.6 Å². The summed E-state index contributed by atoms with van der Waals surface area (Å²) in [5.41, 5.74) is -2.18. The summed E-state index contributed by atoms with van der Waals surface area (Å²) in [4.78, 5) is 36.5. The summed E-state index contributed by atoms with van der Waals surface area (Å²) in [6, 6.07) is 2.94. The van der Waals surface area contributed by atoms with Gasteiger partial charge >= 0.3 is 6.18 Å². The zero-order valence-electron chi connectivity index (χ0n) is 18.3. The highest BCUT2D eigenvalue weighted by molar-refractivity contribution is 6.07. The molecule has 0 unspecified atom stereocenters. The van der Waals surface area contributed by atoms with Crippen LogP contribution >= 0.6 is 0 Å². The van der Waals surface area contributed by atoms with Crippen LogP contribution in [0.15, 0.2) is 41.6 Å². The van der Waals surface area contributed by atoms with Crippen LogP contribution in [-0.4, -0.2) is 33.9 Å². The van der Waals surface area contributed by atoms with Crippen molar-refractivity contribution in [1.82, 2.24) is 15.0 Å². The summed E-state index contributed by atoms with van der Waals surface area (Å²) in [7, 11) is 0. The molecule has 1 amide bonds. The normalized spacial score (nSPS) is 16.1. The van der Waals surface area contributed by atoms with Crippen LogP contribution in [0.5, 0.6) is 0 Å². The fraction of sp³-hybridized carbons (Fsp3) is 0.304. The van der Waals surface area contributed by atoms with E-state index in [9.17, 15) is 22.8 Å². The lowest BCUT2D eigenvalue weighted by molar-refractivity contribution is -0.138. The maximum Gasteiger partial charge on any atom is 0.417 e. The number of nitrogens with one attached hydrogen (secondary N) is 2. The Balaban J connectivity index is 1.79. The quantitative estimate of drug-likeness (QED) is 0.546. The predicted octanol–water partition coefficient (Wildman–Crippen LogP) is 4.40. The Morgan fingerprint density at radius 3 is 2.53 bits per heavy atom. The summed E-state index contributed by atoms with van der Waals surface area (Å²) >= 11 is 0. The van der Waals surface area contributed by atoms with Gasteiger partial charge in [0.25, 0.3) is 5.91 Å². The second-order valence-corrected chi connectivity index (χ2v) is 8.28. The number of amides is 1. The number of nitrogens with zero attached hydrogens (tertiary/aromatic N) is 3. The number of alkyl halides is 3. The molecule has 178 valence electrons. The van der Waals surface area contributed by atoms with Gasteiger partial charge in [0, 0.05) is 48.9 Å². The van der Waals surface area contributed by atoms with Crippen LogP contribution in [0, 0.1) is 18.7 Å². The van der Waals surface area contributed by atoms with Crippen molar-refractivity contribution in [3.8, 4) is 11.1 Å². The lowest BCUT2D eigenvalue weighted by Gasteiger charge is -2.23. The predicted molar refractivity (Wildman–Crippen MR) is 118 cm³/mol. The molecule has 1 saturated heterocycles. The molecule has 0 radical (unpaired) electrons. The van der Waals surface area contributed by atoms with E-state index in [4.69, 9.17) is 0 Å². The van der Waals surface area contributed by atoms with Gasteiger partial charge in [-0.25, -0.2) is 14.4 Å². The summed E-state index contributed by atoms with van der Waals surface area (Å²) < 4.78 is 55.5. The van der Waals surface area contributed by atoms with Crippen LogP contribution in [-0.2, 0) is 6.18 Å². The molecule has 1 aliphatic rings. The van der Waals surface area contributed by atoms with E-state index in [1.165, 1.54) is 24.5 Å². The number of carbonyl (C=O) groups excluding carboxylic acids is 1. The van der Waals surface area contributed by atoms with Gasteiger partial charge in [-0.05, 0) is 31.4 Å². The number of aromatic nitrogens is 3. The van der Waals surface area contributed by atoms with Crippen LogP contribution in [0.25, 0.3) is 11.1 Å². The van der Waals surface area contributed by atoms with E-state index in [0.717, 1.165) is 12.6 Å². The highest BCUT2D eigenvalue weighted by Gasteiger charge is 2.36. The van der Waals surface area contributed by atoms with Crippen molar-refractivity contribution < 1.29 is 22.4 Å². The Morgan fingerprint density at radius 1 is 1.21 bits per heavy atom. The molecule has 1 fully saturated rings. The van der Waals surface area contributed by atoms with Crippen LogP contribution in [0.1, 0.15) is 35.1 Å². The summed E-state index contributed by atoms with van der Waals surface area (Å²) in [5, 5.41) is 2.49. The van der Waals surface area contributed by atoms with E-state index >= 15 is 4.39 Å². The standard InChI is InChI=1S/C23H21F4N5O2/c1-12-3-4-32(11-12)20-7-18(24)15(14-8-28-13(2)29-9-14)5-19(20)31-22(34)16-10-30-21(33)6-17(16)23(25,26)27/h5-10,12H,3-4,11H2,1-2H3,(H,30,33)(H,31,34)/t12-/m1/s1. The smallest absolute Gasteiger partial charge is 0.369 e. The first-order valence-electron chi connectivity index (χ1n) is 10.5. The van der Waals surface area contributed by atoms with Gasteiger partial charge in [0.05, 0.1) is 22.5 Å². The minimum atomic E-state index is -4.92. The first kappa shape index (κ1) is 23.4. The lowest BCUT2D eigenvalue weighted by Crippen LogP contribution is -2.25. The van der Waals surface area contributed by atoms with Crippen molar-refractivity contribution in [3.05, 3.63) is 69.9 Å². The van der Waals surface area contributed by atoms with Crippen molar-refractivity contribution in [2.45, 2.75) is 26.4 Å². The largest absolute Gasteiger partial charge is 0.417 e. The second-order valence-electron chi connectivity index (χ2n) is 8.28. The zero-order chi connectivity index (χ0) is 24.6. The van der Waals surface area contributed by atoms with E-state index in [1.54, 1.807) is 6.92 Å². The minimum absolute atomic E-state index is 0.0869. The summed E-state index contributed by atoms with van der Waals surface area (Å²) in [6.45, 7) is 4.90. The number of aryl methyl sites for hydroxylation is 1. The molecular formula is C23H21F4N5O2. The fourth-order valence-electron chi connectivity index (χ4n) is 3.91. The van der Waals surface area contributed by atoms with Gasteiger partial charge in [0.2, 0.25) is 5.56 Å². The highest BCUT2D eigenvalue weighted by Crippen LogP contribution is 2.37. The van der Waals surface area contributed by atoms with Crippen molar-refractivity contribution in [2.75, 3.05) is 23.3 Å².